The van der Waals surface area contributed by atoms with Gasteiger partial charge in [0.25, 0.3) is 0 Å². The van der Waals surface area contributed by atoms with Crippen molar-refractivity contribution in [3.63, 3.8) is 0 Å². The number of aliphatic hydroxyl groups is 1. The Hall–Kier alpha value is -1.24. The molecule has 18 heavy (non-hydrogen) atoms. The standard InChI is InChI=1S/C12H14N2O3S/c1-7-5-18-6-9(7)11-13-12(17-14-11)8-4-16-3-2-10(8)15/h5-6,8,10,15H,2-4H2,1H3. The lowest BCUT2D eigenvalue weighted by Crippen LogP contribution is -2.30. The van der Waals surface area contributed by atoms with Crippen molar-refractivity contribution in [2.24, 2.45) is 0 Å². The summed E-state index contributed by atoms with van der Waals surface area (Å²) in [6.07, 6.45) is 0.149. The Morgan fingerprint density at radius 3 is 3.06 bits per heavy atom. The first-order valence-electron chi connectivity index (χ1n) is 5.88. The fourth-order valence-electron chi connectivity index (χ4n) is 2.05. The molecule has 1 fully saturated rings. The number of aromatic nitrogens is 2. The topological polar surface area (TPSA) is 68.4 Å². The van der Waals surface area contributed by atoms with E-state index in [1.807, 2.05) is 17.7 Å². The molecule has 2 aromatic heterocycles. The molecule has 1 aliphatic rings. The van der Waals surface area contributed by atoms with E-state index in [2.05, 4.69) is 10.1 Å². The van der Waals surface area contributed by atoms with Crippen LogP contribution >= 0.6 is 11.3 Å². The Kier molecular flexibility index (Phi) is 3.15. The van der Waals surface area contributed by atoms with Crippen molar-refractivity contribution in [1.82, 2.24) is 10.1 Å². The fraction of sp³-hybridized carbons (Fsp3) is 0.500. The molecule has 0 spiro atoms. The second-order valence-corrected chi connectivity index (χ2v) is 5.21. The van der Waals surface area contributed by atoms with E-state index in [0.29, 0.717) is 31.3 Å². The average molecular weight is 266 g/mol. The van der Waals surface area contributed by atoms with E-state index in [4.69, 9.17) is 9.26 Å². The number of hydrogen-bond donors (Lipinski definition) is 1. The SMILES string of the molecule is Cc1cscc1-c1noc(C2COCCC2O)n1. The van der Waals surface area contributed by atoms with Crippen molar-refractivity contribution < 1.29 is 14.4 Å². The van der Waals surface area contributed by atoms with E-state index in [0.717, 1.165) is 11.1 Å². The van der Waals surface area contributed by atoms with Gasteiger partial charge in [-0.1, -0.05) is 5.16 Å². The van der Waals surface area contributed by atoms with Crippen LogP contribution in [0.3, 0.4) is 0 Å². The molecule has 1 aliphatic heterocycles. The third-order valence-corrected chi connectivity index (χ3v) is 4.04. The van der Waals surface area contributed by atoms with Crippen LogP contribution in [0.15, 0.2) is 15.3 Å². The highest BCUT2D eigenvalue weighted by Gasteiger charge is 2.30. The molecule has 2 aromatic rings. The van der Waals surface area contributed by atoms with E-state index >= 15 is 0 Å². The highest BCUT2D eigenvalue weighted by Crippen LogP contribution is 2.29. The molecule has 0 amide bonds. The molecule has 1 N–H and O–H groups in total. The van der Waals surface area contributed by atoms with E-state index in [1.165, 1.54) is 0 Å². The largest absolute Gasteiger partial charge is 0.392 e. The first kappa shape index (κ1) is 11.8. The predicted octanol–water partition coefficient (Wildman–Crippen LogP) is 1.97. The van der Waals surface area contributed by atoms with Crippen LogP contribution in [0, 0.1) is 6.92 Å². The molecule has 2 unspecified atom stereocenters. The molecule has 0 radical (unpaired) electrons. The van der Waals surface area contributed by atoms with Crippen molar-refractivity contribution in [3.05, 3.63) is 22.2 Å². The molecule has 0 aromatic carbocycles. The predicted molar refractivity (Wildman–Crippen MR) is 66.5 cm³/mol. The van der Waals surface area contributed by atoms with E-state index < -0.39 is 6.10 Å². The van der Waals surface area contributed by atoms with Crippen molar-refractivity contribution >= 4 is 11.3 Å². The maximum absolute atomic E-state index is 9.91. The summed E-state index contributed by atoms with van der Waals surface area (Å²) >= 11 is 1.61. The molecular formula is C12H14N2O3S. The van der Waals surface area contributed by atoms with Crippen LogP contribution in [0.1, 0.15) is 23.8 Å². The molecule has 0 saturated carbocycles. The van der Waals surface area contributed by atoms with Crippen LogP contribution in [-0.4, -0.2) is 34.6 Å². The fourth-order valence-corrected chi connectivity index (χ4v) is 2.87. The van der Waals surface area contributed by atoms with Gasteiger partial charge in [0.2, 0.25) is 11.7 Å². The molecule has 0 aliphatic carbocycles. The summed E-state index contributed by atoms with van der Waals surface area (Å²) in [4.78, 5) is 4.38. The number of nitrogens with zero attached hydrogens (tertiary/aromatic N) is 2. The van der Waals surface area contributed by atoms with Gasteiger partial charge in [0.1, 0.15) is 0 Å². The summed E-state index contributed by atoms with van der Waals surface area (Å²) in [5, 5.41) is 17.9. The summed E-state index contributed by atoms with van der Waals surface area (Å²) < 4.78 is 10.6. The van der Waals surface area contributed by atoms with Crippen LogP contribution in [0.25, 0.3) is 11.4 Å². The highest BCUT2D eigenvalue weighted by molar-refractivity contribution is 7.08. The van der Waals surface area contributed by atoms with Gasteiger partial charge in [-0.25, -0.2) is 0 Å². The van der Waals surface area contributed by atoms with Gasteiger partial charge in [0.05, 0.1) is 18.6 Å². The Balaban J connectivity index is 1.87. The van der Waals surface area contributed by atoms with Crippen LogP contribution in [0.2, 0.25) is 0 Å². The molecule has 96 valence electrons. The zero-order valence-corrected chi connectivity index (χ0v) is 10.8. The Labute approximate surface area is 108 Å². The number of aliphatic hydroxyl groups excluding tert-OH is 1. The number of ether oxygens (including phenoxy) is 1. The Bertz CT molecular complexity index is 537. The van der Waals surface area contributed by atoms with Crippen molar-refractivity contribution in [2.45, 2.75) is 25.4 Å². The van der Waals surface area contributed by atoms with Gasteiger partial charge in [-0.2, -0.15) is 16.3 Å². The van der Waals surface area contributed by atoms with Crippen LogP contribution < -0.4 is 0 Å². The zero-order chi connectivity index (χ0) is 12.5. The Morgan fingerprint density at radius 1 is 1.44 bits per heavy atom. The van der Waals surface area contributed by atoms with E-state index in [9.17, 15) is 5.11 Å². The van der Waals surface area contributed by atoms with Gasteiger partial charge >= 0.3 is 0 Å². The number of aryl methyl sites for hydroxylation is 1. The van der Waals surface area contributed by atoms with Gasteiger partial charge in [-0.15, -0.1) is 0 Å². The number of hydrogen-bond acceptors (Lipinski definition) is 6. The third kappa shape index (κ3) is 2.07. The molecule has 3 heterocycles. The normalized spacial score (nSPS) is 24.3. The lowest BCUT2D eigenvalue weighted by molar-refractivity contribution is -0.0149. The minimum absolute atomic E-state index is 0.209. The average Bonchev–Trinajstić information content (AvgIpc) is 2.98. The summed E-state index contributed by atoms with van der Waals surface area (Å²) in [5.74, 6) is 0.836. The molecule has 2 atom stereocenters. The molecular weight excluding hydrogens is 252 g/mol. The summed E-state index contributed by atoms with van der Waals surface area (Å²) in [5.41, 5.74) is 2.12. The molecule has 1 saturated heterocycles. The number of rotatable bonds is 2. The molecule has 6 heteroatoms. The quantitative estimate of drug-likeness (QED) is 0.900. The number of thiophene rings is 1. The lowest BCUT2D eigenvalue weighted by atomic mass is 9.99. The highest BCUT2D eigenvalue weighted by atomic mass is 32.1. The second kappa shape index (κ2) is 4.79. The molecule has 5 nitrogen and oxygen atoms in total. The van der Waals surface area contributed by atoms with Crippen molar-refractivity contribution in [1.29, 1.82) is 0 Å². The summed E-state index contributed by atoms with van der Waals surface area (Å²) in [6, 6.07) is 0. The second-order valence-electron chi connectivity index (χ2n) is 4.46. The van der Waals surface area contributed by atoms with Crippen LogP contribution in [-0.2, 0) is 4.74 Å². The van der Waals surface area contributed by atoms with Gasteiger partial charge in [0, 0.05) is 17.6 Å². The van der Waals surface area contributed by atoms with Crippen molar-refractivity contribution in [2.75, 3.05) is 13.2 Å². The van der Waals surface area contributed by atoms with Gasteiger partial charge < -0.3 is 14.4 Å². The maximum atomic E-state index is 9.91. The van der Waals surface area contributed by atoms with E-state index in [1.54, 1.807) is 11.3 Å². The van der Waals surface area contributed by atoms with Gasteiger partial charge in [0.15, 0.2) is 0 Å². The summed E-state index contributed by atoms with van der Waals surface area (Å²) in [7, 11) is 0. The van der Waals surface area contributed by atoms with Crippen molar-refractivity contribution in [3.8, 4) is 11.4 Å². The zero-order valence-electron chi connectivity index (χ0n) is 10.00. The smallest absolute Gasteiger partial charge is 0.235 e. The monoisotopic (exact) mass is 266 g/mol. The third-order valence-electron chi connectivity index (χ3n) is 3.18. The lowest BCUT2D eigenvalue weighted by Gasteiger charge is -2.24. The first-order chi connectivity index (χ1) is 8.75. The Morgan fingerprint density at radius 2 is 2.33 bits per heavy atom. The minimum Gasteiger partial charge on any atom is -0.392 e. The van der Waals surface area contributed by atoms with Gasteiger partial charge in [-0.3, -0.25) is 0 Å². The molecule has 3 rings (SSSR count). The van der Waals surface area contributed by atoms with Crippen LogP contribution in [0.4, 0.5) is 0 Å². The van der Waals surface area contributed by atoms with E-state index in [-0.39, 0.29) is 5.92 Å². The maximum Gasteiger partial charge on any atom is 0.235 e. The first-order valence-corrected chi connectivity index (χ1v) is 6.82. The van der Waals surface area contributed by atoms with Gasteiger partial charge in [-0.05, 0) is 24.3 Å². The van der Waals surface area contributed by atoms with Crippen LogP contribution in [0.5, 0.6) is 0 Å². The molecule has 0 bridgehead atoms. The summed E-state index contributed by atoms with van der Waals surface area (Å²) in [6.45, 7) is 3.04. The minimum atomic E-state index is -0.462.